The summed E-state index contributed by atoms with van der Waals surface area (Å²) in [5.74, 6) is -1.31. The van der Waals surface area contributed by atoms with Gasteiger partial charge < -0.3 is 10.8 Å². The Kier molecular flexibility index (Phi) is 4.41. The fourth-order valence-electron chi connectivity index (χ4n) is 1.68. The maximum Gasteiger partial charge on any atom is 0.337 e. The third-order valence-corrected chi connectivity index (χ3v) is 4.67. The predicted molar refractivity (Wildman–Crippen MR) is 74.8 cm³/mol. The third kappa shape index (κ3) is 3.60. The van der Waals surface area contributed by atoms with Crippen molar-refractivity contribution in [1.82, 2.24) is 0 Å². The molecule has 0 aliphatic rings. The van der Waals surface area contributed by atoms with Crippen LogP contribution in [0.5, 0.6) is 0 Å². The molecule has 0 fully saturated rings. The van der Waals surface area contributed by atoms with Gasteiger partial charge in [-0.2, -0.15) is 0 Å². The first kappa shape index (κ1) is 15.3. The second-order valence-corrected chi connectivity index (χ2v) is 6.77. The lowest BCUT2D eigenvalue weighted by molar-refractivity contribution is 0.0698. The molecule has 0 heterocycles. The molecular formula is C12H18N2O4S. The summed E-state index contributed by atoms with van der Waals surface area (Å²) in [5, 5.41) is 9.11. The SMILES string of the molecule is CC(C)CS(=O)(=O)N(C)c1ccc(N)cc1C(=O)O. The number of nitrogens with zero attached hydrogens (tertiary/aromatic N) is 1. The summed E-state index contributed by atoms with van der Waals surface area (Å²) in [5.41, 5.74) is 5.78. The maximum absolute atomic E-state index is 12.1. The summed E-state index contributed by atoms with van der Waals surface area (Å²) in [6.07, 6.45) is 0. The molecule has 0 aliphatic carbocycles. The Morgan fingerprint density at radius 3 is 2.47 bits per heavy atom. The normalized spacial score (nSPS) is 11.6. The van der Waals surface area contributed by atoms with E-state index >= 15 is 0 Å². The van der Waals surface area contributed by atoms with Crippen LogP contribution in [0.3, 0.4) is 0 Å². The van der Waals surface area contributed by atoms with Gasteiger partial charge in [0.25, 0.3) is 0 Å². The zero-order valence-electron chi connectivity index (χ0n) is 11.1. The molecule has 3 N–H and O–H groups in total. The van der Waals surface area contributed by atoms with Gasteiger partial charge in [-0.3, -0.25) is 4.31 Å². The van der Waals surface area contributed by atoms with Crippen LogP contribution in [0, 0.1) is 5.92 Å². The van der Waals surface area contributed by atoms with Crippen LogP contribution in [-0.4, -0.2) is 32.3 Å². The van der Waals surface area contributed by atoms with Gasteiger partial charge in [0, 0.05) is 12.7 Å². The number of nitrogen functional groups attached to an aromatic ring is 1. The highest BCUT2D eigenvalue weighted by Gasteiger charge is 2.24. The Bertz CT molecular complexity index is 581. The van der Waals surface area contributed by atoms with Crippen LogP contribution in [0.15, 0.2) is 18.2 Å². The Balaban J connectivity index is 3.27. The van der Waals surface area contributed by atoms with Crippen molar-refractivity contribution in [3.63, 3.8) is 0 Å². The highest BCUT2D eigenvalue weighted by Crippen LogP contribution is 2.25. The average Bonchev–Trinajstić information content (AvgIpc) is 2.26. The van der Waals surface area contributed by atoms with Crippen molar-refractivity contribution >= 4 is 27.4 Å². The van der Waals surface area contributed by atoms with Crippen LogP contribution >= 0.6 is 0 Å². The highest BCUT2D eigenvalue weighted by atomic mass is 32.2. The molecule has 0 saturated heterocycles. The summed E-state index contributed by atoms with van der Waals surface area (Å²) in [6, 6.07) is 4.12. The van der Waals surface area contributed by atoms with Gasteiger partial charge in [-0.15, -0.1) is 0 Å². The average molecular weight is 286 g/mol. The molecule has 0 unspecified atom stereocenters. The first-order chi connectivity index (χ1) is 8.65. The van der Waals surface area contributed by atoms with E-state index in [-0.39, 0.29) is 28.6 Å². The zero-order chi connectivity index (χ0) is 14.8. The molecule has 1 rings (SSSR count). The van der Waals surface area contributed by atoms with Gasteiger partial charge in [0.05, 0.1) is 17.0 Å². The van der Waals surface area contributed by atoms with Crippen LogP contribution in [0.4, 0.5) is 11.4 Å². The predicted octanol–water partition coefficient (Wildman–Crippen LogP) is 1.39. The quantitative estimate of drug-likeness (QED) is 0.796. The van der Waals surface area contributed by atoms with Gasteiger partial charge >= 0.3 is 5.97 Å². The Hall–Kier alpha value is -1.76. The smallest absolute Gasteiger partial charge is 0.337 e. The van der Waals surface area contributed by atoms with Crippen molar-refractivity contribution < 1.29 is 18.3 Å². The first-order valence-electron chi connectivity index (χ1n) is 5.74. The summed E-state index contributed by atoms with van der Waals surface area (Å²) in [6.45, 7) is 3.57. The third-order valence-electron chi connectivity index (χ3n) is 2.55. The highest BCUT2D eigenvalue weighted by molar-refractivity contribution is 7.92. The summed E-state index contributed by atoms with van der Waals surface area (Å²) < 4.78 is 25.2. The molecule has 0 aromatic heterocycles. The van der Waals surface area contributed by atoms with Crippen molar-refractivity contribution in [2.24, 2.45) is 5.92 Å². The molecule has 0 atom stereocenters. The molecule has 0 aliphatic heterocycles. The molecule has 0 amide bonds. The lowest BCUT2D eigenvalue weighted by Crippen LogP contribution is -2.32. The second kappa shape index (κ2) is 5.48. The molecule has 0 bridgehead atoms. The van der Waals surface area contributed by atoms with Crippen molar-refractivity contribution in [3.05, 3.63) is 23.8 Å². The number of hydrogen-bond acceptors (Lipinski definition) is 4. The van der Waals surface area contributed by atoms with Gasteiger partial charge in [0.15, 0.2) is 0 Å². The molecule has 1 aromatic carbocycles. The number of nitrogens with two attached hydrogens (primary N) is 1. The minimum atomic E-state index is -3.55. The number of carbonyl (C=O) groups is 1. The van der Waals surface area contributed by atoms with Crippen LogP contribution in [-0.2, 0) is 10.0 Å². The topological polar surface area (TPSA) is 101 Å². The molecular weight excluding hydrogens is 268 g/mol. The maximum atomic E-state index is 12.1. The largest absolute Gasteiger partial charge is 0.478 e. The number of anilines is 2. The lowest BCUT2D eigenvalue weighted by Gasteiger charge is -2.22. The molecule has 1 aromatic rings. The fraction of sp³-hybridized carbons (Fsp3) is 0.417. The number of hydrogen-bond donors (Lipinski definition) is 2. The number of aromatic carboxylic acids is 1. The summed E-state index contributed by atoms with van der Waals surface area (Å²) >= 11 is 0. The van der Waals surface area contributed by atoms with E-state index in [1.54, 1.807) is 13.8 Å². The Morgan fingerprint density at radius 1 is 1.42 bits per heavy atom. The minimum Gasteiger partial charge on any atom is -0.478 e. The van der Waals surface area contributed by atoms with E-state index in [1.165, 1.54) is 25.2 Å². The van der Waals surface area contributed by atoms with Gasteiger partial charge in [-0.1, -0.05) is 13.8 Å². The number of sulfonamides is 1. The molecule has 19 heavy (non-hydrogen) atoms. The van der Waals surface area contributed by atoms with Crippen molar-refractivity contribution in [2.45, 2.75) is 13.8 Å². The molecule has 0 radical (unpaired) electrons. The molecule has 0 spiro atoms. The minimum absolute atomic E-state index is 0.0468. The molecule has 0 saturated carbocycles. The van der Waals surface area contributed by atoms with E-state index in [9.17, 15) is 13.2 Å². The van der Waals surface area contributed by atoms with E-state index in [0.717, 1.165) is 4.31 Å². The fourth-order valence-corrected chi connectivity index (χ4v) is 3.21. The first-order valence-corrected chi connectivity index (χ1v) is 7.35. The second-order valence-electron chi connectivity index (χ2n) is 4.72. The van der Waals surface area contributed by atoms with Crippen LogP contribution in [0.25, 0.3) is 0 Å². The van der Waals surface area contributed by atoms with E-state index < -0.39 is 16.0 Å². The van der Waals surface area contributed by atoms with Gasteiger partial charge in [-0.25, -0.2) is 13.2 Å². The summed E-state index contributed by atoms with van der Waals surface area (Å²) in [7, 11) is -2.21. The molecule has 106 valence electrons. The Labute approximate surface area is 112 Å². The monoisotopic (exact) mass is 286 g/mol. The zero-order valence-corrected chi connectivity index (χ0v) is 11.9. The van der Waals surface area contributed by atoms with Gasteiger partial charge in [0.2, 0.25) is 10.0 Å². The summed E-state index contributed by atoms with van der Waals surface area (Å²) in [4.78, 5) is 11.2. The number of rotatable bonds is 5. The molecule has 6 nitrogen and oxygen atoms in total. The van der Waals surface area contributed by atoms with Crippen LogP contribution < -0.4 is 10.0 Å². The van der Waals surface area contributed by atoms with E-state index in [1.807, 2.05) is 0 Å². The lowest BCUT2D eigenvalue weighted by atomic mass is 10.1. The number of carboxylic acids is 1. The van der Waals surface area contributed by atoms with E-state index in [2.05, 4.69) is 0 Å². The van der Waals surface area contributed by atoms with Gasteiger partial charge in [0.1, 0.15) is 0 Å². The van der Waals surface area contributed by atoms with Crippen LogP contribution in [0.1, 0.15) is 24.2 Å². The number of carboxylic acid groups (broad SMARTS) is 1. The Morgan fingerprint density at radius 2 is 2.00 bits per heavy atom. The van der Waals surface area contributed by atoms with Crippen molar-refractivity contribution in [3.8, 4) is 0 Å². The molecule has 7 heteroatoms. The number of benzene rings is 1. The standard InChI is InChI=1S/C12H18N2O4S/c1-8(2)7-19(17,18)14(3)11-5-4-9(13)6-10(11)12(15)16/h4-6,8H,7,13H2,1-3H3,(H,15,16). The van der Waals surface area contributed by atoms with Crippen molar-refractivity contribution in [2.75, 3.05) is 22.8 Å². The van der Waals surface area contributed by atoms with E-state index in [4.69, 9.17) is 10.8 Å². The van der Waals surface area contributed by atoms with Crippen LogP contribution in [0.2, 0.25) is 0 Å². The van der Waals surface area contributed by atoms with E-state index in [0.29, 0.717) is 0 Å². The van der Waals surface area contributed by atoms with Gasteiger partial charge in [-0.05, 0) is 24.1 Å². The van der Waals surface area contributed by atoms with Crippen molar-refractivity contribution in [1.29, 1.82) is 0 Å².